The van der Waals surface area contributed by atoms with Crippen molar-refractivity contribution in [2.24, 2.45) is 0 Å². The SMILES string of the molecule is CC[Si](CC)(CC)c1c2c3cc(ccc3n1C(C)=O)CCOC(=O)CCCCCCCC2. The molecule has 2 heterocycles. The van der Waals surface area contributed by atoms with Gasteiger partial charge in [-0.1, -0.05) is 70.7 Å². The highest BCUT2D eigenvalue weighted by Crippen LogP contribution is 2.31. The minimum absolute atomic E-state index is 0.0755. The number of cyclic esters (lactones) is 1. The minimum atomic E-state index is -1.78. The van der Waals surface area contributed by atoms with E-state index >= 15 is 0 Å². The fourth-order valence-electron chi connectivity index (χ4n) is 5.58. The second-order valence-electron chi connectivity index (χ2n) is 9.47. The molecule has 0 spiro atoms. The number of hydrogen-bond donors (Lipinski definition) is 0. The Morgan fingerprint density at radius 2 is 1.56 bits per heavy atom. The van der Waals surface area contributed by atoms with Gasteiger partial charge in [0.2, 0.25) is 5.91 Å². The summed E-state index contributed by atoms with van der Waals surface area (Å²) in [4.78, 5) is 25.0. The van der Waals surface area contributed by atoms with E-state index in [1.165, 1.54) is 59.2 Å². The number of carbonyl (C=O) groups is 2. The summed E-state index contributed by atoms with van der Waals surface area (Å²) in [6.45, 7) is 9.11. The third kappa shape index (κ3) is 5.19. The van der Waals surface area contributed by atoms with E-state index in [0.29, 0.717) is 13.0 Å². The Hall–Kier alpha value is -1.88. The molecular weight excluding hydrogens is 414 g/mol. The van der Waals surface area contributed by atoms with Crippen LogP contribution in [-0.2, 0) is 22.4 Å². The van der Waals surface area contributed by atoms with Gasteiger partial charge in [-0.3, -0.25) is 14.2 Å². The zero-order valence-electron chi connectivity index (χ0n) is 20.6. The smallest absolute Gasteiger partial charge is 0.305 e. The molecule has 1 aromatic heterocycles. The zero-order chi connectivity index (χ0) is 23.1. The normalized spacial score (nSPS) is 16.9. The first-order valence-corrected chi connectivity index (χ1v) is 15.4. The molecule has 0 aliphatic carbocycles. The van der Waals surface area contributed by atoms with Crippen LogP contribution in [0.25, 0.3) is 10.9 Å². The van der Waals surface area contributed by atoms with Crippen LogP contribution in [0.2, 0.25) is 18.1 Å². The van der Waals surface area contributed by atoms with Crippen molar-refractivity contribution in [3.8, 4) is 0 Å². The van der Waals surface area contributed by atoms with E-state index < -0.39 is 8.07 Å². The Labute approximate surface area is 194 Å². The highest BCUT2D eigenvalue weighted by Gasteiger charge is 2.37. The van der Waals surface area contributed by atoms with Gasteiger partial charge in [-0.25, -0.2) is 0 Å². The molecular formula is C27H41NO3Si. The van der Waals surface area contributed by atoms with Gasteiger partial charge in [-0.2, -0.15) is 0 Å². The van der Waals surface area contributed by atoms with E-state index in [4.69, 9.17) is 4.74 Å². The lowest BCUT2D eigenvalue weighted by atomic mass is 10.0. The van der Waals surface area contributed by atoms with Crippen molar-refractivity contribution in [1.29, 1.82) is 0 Å². The molecule has 3 rings (SSSR count). The van der Waals surface area contributed by atoms with E-state index in [2.05, 4.69) is 43.5 Å². The Kier molecular flexibility index (Phi) is 8.75. The van der Waals surface area contributed by atoms with Crippen LogP contribution in [-0.4, -0.2) is 31.1 Å². The van der Waals surface area contributed by atoms with Crippen molar-refractivity contribution in [2.45, 2.75) is 104 Å². The molecule has 0 fully saturated rings. The number of rotatable bonds is 4. The van der Waals surface area contributed by atoms with Crippen molar-refractivity contribution in [1.82, 2.24) is 4.57 Å². The van der Waals surface area contributed by atoms with E-state index in [0.717, 1.165) is 37.6 Å². The molecule has 5 heteroatoms. The van der Waals surface area contributed by atoms with Gasteiger partial charge < -0.3 is 4.74 Å². The summed E-state index contributed by atoms with van der Waals surface area (Å²) in [5.41, 5.74) is 3.68. The molecule has 4 nitrogen and oxygen atoms in total. The third-order valence-corrected chi connectivity index (χ3v) is 13.3. The largest absolute Gasteiger partial charge is 0.465 e. The summed E-state index contributed by atoms with van der Waals surface area (Å²) in [6, 6.07) is 10.0. The molecule has 176 valence electrons. The summed E-state index contributed by atoms with van der Waals surface area (Å²) in [6.07, 6.45) is 9.09. The molecule has 0 saturated carbocycles. The number of nitrogens with zero attached hydrogens (tertiary/aromatic N) is 1. The molecule has 2 bridgehead atoms. The topological polar surface area (TPSA) is 48.3 Å². The van der Waals surface area contributed by atoms with Gasteiger partial charge in [0.1, 0.15) is 8.07 Å². The molecule has 1 aromatic carbocycles. The Balaban J connectivity index is 2.14. The summed E-state index contributed by atoms with van der Waals surface area (Å²) in [7, 11) is -1.78. The standard InChI is InChI=1S/C27H41NO3Si/c1-5-32(6-2,7-3)27-23-14-12-10-8-9-11-13-15-26(30)31-19-18-22-16-17-25(24(23)20-22)28(27)21(4)29/h16-17,20H,5-15,18-19H2,1-4H3. The summed E-state index contributed by atoms with van der Waals surface area (Å²) < 4.78 is 7.57. The average molecular weight is 456 g/mol. The average Bonchev–Trinajstić information content (AvgIpc) is 3.11. The van der Waals surface area contributed by atoms with Gasteiger partial charge in [-0.15, -0.1) is 0 Å². The van der Waals surface area contributed by atoms with E-state index in [1.54, 1.807) is 6.92 Å². The van der Waals surface area contributed by atoms with Crippen molar-refractivity contribution in [3.63, 3.8) is 0 Å². The number of aryl methyl sites for hydroxylation is 1. The van der Waals surface area contributed by atoms with Crippen molar-refractivity contribution >= 4 is 36.2 Å². The van der Waals surface area contributed by atoms with Crippen LogP contribution in [0.15, 0.2) is 18.2 Å². The third-order valence-electron chi connectivity index (χ3n) is 7.70. The first-order valence-electron chi connectivity index (χ1n) is 12.8. The highest BCUT2D eigenvalue weighted by molar-refractivity contribution is 6.92. The van der Waals surface area contributed by atoms with Gasteiger partial charge in [0, 0.05) is 30.5 Å². The fourth-order valence-corrected chi connectivity index (χ4v) is 9.74. The molecule has 0 unspecified atom stereocenters. The molecule has 32 heavy (non-hydrogen) atoms. The number of benzene rings is 1. The van der Waals surface area contributed by atoms with Crippen LogP contribution >= 0.6 is 0 Å². The maximum absolute atomic E-state index is 13.0. The zero-order valence-corrected chi connectivity index (χ0v) is 21.6. The number of fused-ring (bicyclic) bond motifs is 1. The number of hydrogen-bond acceptors (Lipinski definition) is 3. The maximum atomic E-state index is 13.0. The van der Waals surface area contributed by atoms with E-state index in [-0.39, 0.29) is 11.9 Å². The first kappa shape index (κ1) is 24.8. The van der Waals surface area contributed by atoms with Gasteiger partial charge in [0.05, 0.1) is 12.1 Å². The monoisotopic (exact) mass is 455 g/mol. The second kappa shape index (κ2) is 11.3. The van der Waals surface area contributed by atoms with Gasteiger partial charge >= 0.3 is 5.97 Å². The molecule has 1 aliphatic rings. The number of carbonyl (C=O) groups excluding carboxylic acids is 2. The lowest BCUT2D eigenvalue weighted by Gasteiger charge is -2.31. The molecule has 2 aromatic rings. The van der Waals surface area contributed by atoms with Crippen LogP contribution in [0.1, 0.15) is 88.6 Å². The first-order chi connectivity index (χ1) is 15.5. The lowest BCUT2D eigenvalue weighted by Crippen LogP contribution is -2.52. The predicted molar refractivity (Wildman–Crippen MR) is 136 cm³/mol. The molecule has 0 amide bonds. The maximum Gasteiger partial charge on any atom is 0.305 e. The molecule has 0 N–H and O–H groups in total. The summed E-state index contributed by atoms with van der Waals surface area (Å²) in [5, 5.41) is 2.63. The van der Waals surface area contributed by atoms with Gasteiger partial charge in [0.25, 0.3) is 0 Å². The van der Waals surface area contributed by atoms with Crippen LogP contribution in [0.4, 0.5) is 0 Å². The summed E-state index contributed by atoms with van der Waals surface area (Å²) in [5.74, 6) is 0.0598. The van der Waals surface area contributed by atoms with Crippen LogP contribution in [0.3, 0.4) is 0 Å². The van der Waals surface area contributed by atoms with Crippen LogP contribution in [0, 0.1) is 0 Å². The van der Waals surface area contributed by atoms with Crippen molar-refractivity contribution in [3.05, 3.63) is 29.3 Å². The molecule has 0 saturated heterocycles. The van der Waals surface area contributed by atoms with Crippen molar-refractivity contribution < 1.29 is 14.3 Å². The predicted octanol–water partition coefficient (Wildman–Crippen LogP) is 6.39. The van der Waals surface area contributed by atoms with Gasteiger partial charge in [-0.05, 0) is 42.5 Å². The number of aromatic nitrogens is 1. The number of ether oxygens (including phenoxy) is 1. The van der Waals surface area contributed by atoms with Gasteiger partial charge in [0.15, 0.2) is 0 Å². The lowest BCUT2D eigenvalue weighted by molar-refractivity contribution is -0.143. The summed E-state index contributed by atoms with van der Waals surface area (Å²) >= 11 is 0. The quantitative estimate of drug-likeness (QED) is 0.396. The van der Waals surface area contributed by atoms with E-state index in [1.807, 2.05) is 0 Å². The van der Waals surface area contributed by atoms with Crippen LogP contribution in [0.5, 0.6) is 0 Å². The van der Waals surface area contributed by atoms with Crippen molar-refractivity contribution in [2.75, 3.05) is 6.61 Å². The number of esters is 1. The highest BCUT2D eigenvalue weighted by atomic mass is 28.3. The second-order valence-corrected chi connectivity index (χ2v) is 14.6. The minimum Gasteiger partial charge on any atom is -0.465 e. The molecule has 0 radical (unpaired) electrons. The fraction of sp³-hybridized carbons (Fsp3) is 0.630. The Bertz CT molecular complexity index is 934. The Morgan fingerprint density at radius 3 is 2.19 bits per heavy atom. The molecule has 0 atom stereocenters. The Morgan fingerprint density at radius 1 is 0.938 bits per heavy atom. The van der Waals surface area contributed by atoms with E-state index in [9.17, 15) is 9.59 Å². The molecule has 1 aliphatic heterocycles. The van der Waals surface area contributed by atoms with Crippen LogP contribution < -0.4 is 5.32 Å².